The Morgan fingerprint density at radius 2 is 1.52 bits per heavy atom. The number of carbonyl (C=O) groups is 2. The number of nitrogens with zero attached hydrogens (tertiary/aromatic N) is 4. The maximum Gasteiger partial charge on any atom is 0.251 e. The van der Waals surface area contributed by atoms with E-state index in [0.717, 1.165) is 35.7 Å². The quantitative estimate of drug-likeness (QED) is 0.145. The van der Waals surface area contributed by atoms with Gasteiger partial charge in [-0.05, 0) is 67.4 Å². The Bertz CT molecular complexity index is 1650. The van der Waals surface area contributed by atoms with E-state index >= 15 is 0 Å². The fraction of sp³-hybridized carbons (Fsp3) is 0.333. The molecule has 1 atom stereocenters. The number of nitrogens with one attached hydrogen (secondary N) is 1. The molecule has 11 nitrogen and oxygen atoms in total. The highest BCUT2D eigenvalue weighted by molar-refractivity contribution is 7.99. The molecule has 2 heterocycles. The first-order valence-electron chi connectivity index (χ1n) is 15.6. The summed E-state index contributed by atoms with van der Waals surface area (Å²) in [5, 5.41) is 3.56. The molecule has 2 amide bonds. The monoisotopic (exact) mass is 671 g/mol. The Labute approximate surface area is 285 Å². The van der Waals surface area contributed by atoms with E-state index < -0.39 is 11.9 Å². The number of amides is 2. The van der Waals surface area contributed by atoms with E-state index in [1.165, 1.54) is 33.1 Å². The number of anilines is 2. The molecular formula is C36H41N5O6S. The first-order chi connectivity index (χ1) is 23.3. The predicted octanol–water partition coefficient (Wildman–Crippen LogP) is 5.46. The molecule has 1 N–H and O–H groups in total. The number of thioether (sulfide) groups is 1. The van der Waals surface area contributed by atoms with Gasteiger partial charge in [0.25, 0.3) is 5.91 Å². The number of morpholine rings is 1. The zero-order valence-electron chi connectivity index (χ0n) is 27.9. The normalized spacial score (nSPS) is 13.4. The van der Waals surface area contributed by atoms with Crippen LogP contribution in [0.5, 0.6) is 17.2 Å². The molecule has 1 aliphatic heterocycles. The van der Waals surface area contributed by atoms with Crippen LogP contribution in [0.4, 0.5) is 11.4 Å². The third kappa shape index (κ3) is 8.55. The van der Waals surface area contributed by atoms with Crippen LogP contribution in [0.3, 0.4) is 0 Å². The summed E-state index contributed by atoms with van der Waals surface area (Å²) in [4.78, 5) is 41.6. The molecule has 1 aliphatic rings. The topological polar surface area (TPSA) is 115 Å². The lowest BCUT2D eigenvalue weighted by molar-refractivity contribution is -0.137. The lowest BCUT2D eigenvalue weighted by atomic mass is 10.0. The first kappa shape index (κ1) is 34.5. The van der Waals surface area contributed by atoms with Gasteiger partial charge in [-0.1, -0.05) is 42.1 Å². The predicted molar refractivity (Wildman–Crippen MR) is 186 cm³/mol. The van der Waals surface area contributed by atoms with E-state index in [1.54, 1.807) is 17.0 Å². The number of benzene rings is 3. The fourth-order valence-electron chi connectivity index (χ4n) is 5.59. The van der Waals surface area contributed by atoms with Crippen LogP contribution in [-0.2, 0) is 20.9 Å². The van der Waals surface area contributed by atoms with Gasteiger partial charge in [0.2, 0.25) is 11.7 Å². The summed E-state index contributed by atoms with van der Waals surface area (Å²) in [6.45, 7) is 6.90. The van der Waals surface area contributed by atoms with Crippen LogP contribution < -0.4 is 24.4 Å². The van der Waals surface area contributed by atoms with Gasteiger partial charge in [-0.25, -0.2) is 9.97 Å². The fourth-order valence-corrected chi connectivity index (χ4v) is 6.43. The third-order valence-electron chi connectivity index (χ3n) is 7.88. The molecule has 1 aromatic heterocycles. The summed E-state index contributed by atoms with van der Waals surface area (Å²) in [6.07, 6.45) is 0. The summed E-state index contributed by atoms with van der Waals surface area (Å²) in [5.41, 5.74) is 4.62. The zero-order chi connectivity index (χ0) is 34.0. The Morgan fingerprint density at radius 1 is 0.896 bits per heavy atom. The second-order valence-corrected chi connectivity index (χ2v) is 12.2. The van der Waals surface area contributed by atoms with E-state index in [1.807, 2.05) is 74.5 Å². The second kappa shape index (κ2) is 16.3. The van der Waals surface area contributed by atoms with Gasteiger partial charge < -0.3 is 34.1 Å². The van der Waals surface area contributed by atoms with Gasteiger partial charge in [0.05, 0.1) is 40.3 Å². The summed E-state index contributed by atoms with van der Waals surface area (Å²) >= 11 is 1.23. The lowest BCUT2D eigenvalue weighted by Crippen LogP contribution is -2.42. The molecule has 0 aliphatic carbocycles. The molecule has 4 aromatic rings. The van der Waals surface area contributed by atoms with Gasteiger partial charge in [0.1, 0.15) is 6.04 Å². The van der Waals surface area contributed by atoms with Crippen molar-refractivity contribution in [3.05, 3.63) is 95.3 Å². The highest BCUT2D eigenvalue weighted by Gasteiger charge is 2.34. The average Bonchev–Trinajstić information content (AvgIpc) is 3.10. The highest BCUT2D eigenvalue weighted by Crippen LogP contribution is 2.41. The minimum Gasteiger partial charge on any atom is -0.493 e. The van der Waals surface area contributed by atoms with Crippen LogP contribution in [0.15, 0.2) is 78.0 Å². The smallest absolute Gasteiger partial charge is 0.251 e. The van der Waals surface area contributed by atoms with Gasteiger partial charge in [-0.15, -0.1) is 0 Å². The number of ether oxygens (including phenoxy) is 4. The average molecular weight is 672 g/mol. The summed E-state index contributed by atoms with van der Waals surface area (Å²) in [5.74, 6) is 0.445. The largest absolute Gasteiger partial charge is 0.493 e. The molecule has 252 valence electrons. The number of hydrogen-bond acceptors (Lipinski definition) is 10. The van der Waals surface area contributed by atoms with Crippen LogP contribution in [0, 0.1) is 13.8 Å². The molecule has 0 radical (unpaired) electrons. The van der Waals surface area contributed by atoms with Crippen molar-refractivity contribution in [3.8, 4) is 17.2 Å². The summed E-state index contributed by atoms with van der Waals surface area (Å²) < 4.78 is 22.3. The second-order valence-electron chi connectivity index (χ2n) is 11.2. The standard InChI is InChI=1S/C36H41N5O6S/c1-24-19-25(2)38-36(37-24)48-23-32(42)41(22-26-9-7-6-8-10-26)33(27-20-30(44-3)34(46-5)31(21-27)45-4)35(43)39-28-11-13-29(14-12-28)40-15-17-47-18-16-40/h6-14,19-21,33H,15-18,22-23H2,1-5H3,(H,39,43). The van der Waals surface area contributed by atoms with Crippen molar-refractivity contribution in [2.75, 3.05) is 63.6 Å². The van der Waals surface area contributed by atoms with Crippen molar-refractivity contribution in [2.45, 2.75) is 31.6 Å². The number of aromatic nitrogens is 2. The van der Waals surface area contributed by atoms with Crippen molar-refractivity contribution in [2.24, 2.45) is 0 Å². The molecule has 3 aromatic carbocycles. The van der Waals surface area contributed by atoms with Gasteiger partial charge in [0.15, 0.2) is 16.7 Å². The number of rotatable bonds is 13. The molecule has 0 bridgehead atoms. The Kier molecular flexibility index (Phi) is 11.8. The van der Waals surface area contributed by atoms with Crippen LogP contribution in [0.25, 0.3) is 0 Å². The van der Waals surface area contributed by atoms with Crippen LogP contribution >= 0.6 is 11.8 Å². The molecule has 12 heteroatoms. The molecule has 0 spiro atoms. The van der Waals surface area contributed by atoms with E-state index in [4.69, 9.17) is 18.9 Å². The SMILES string of the molecule is COc1cc(C(C(=O)Nc2ccc(N3CCOCC3)cc2)N(Cc2ccccc2)C(=O)CSc2nc(C)cc(C)n2)cc(OC)c1OC. The highest BCUT2D eigenvalue weighted by atomic mass is 32.2. The Balaban J connectivity index is 1.53. The van der Waals surface area contributed by atoms with Crippen molar-refractivity contribution < 1.29 is 28.5 Å². The molecular weight excluding hydrogens is 630 g/mol. The number of carbonyl (C=O) groups excluding carboxylic acids is 2. The minimum absolute atomic E-state index is 0.0121. The van der Waals surface area contributed by atoms with Crippen LogP contribution in [0.2, 0.25) is 0 Å². The first-order valence-corrected chi connectivity index (χ1v) is 16.6. The zero-order valence-corrected chi connectivity index (χ0v) is 28.7. The molecule has 1 fully saturated rings. The molecule has 48 heavy (non-hydrogen) atoms. The molecule has 0 saturated carbocycles. The van der Waals surface area contributed by atoms with Crippen molar-refractivity contribution in [1.29, 1.82) is 0 Å². The minimum atomic E-state index is -1.08. The Hall–Kier alpha value is -4.81. The van der Waals surface area contributed by atoms with Gasteiger partial charge in [-0.2, -0.15) is 0 Å². The van der Waals surface area contributed by atoms with Crippen molar-refractivity contribution in [1.82, 2.24) is 14.9 Å². The van der Waals surface area contributed by atoms with Gasteiger partial charge >= 0.3 is 0 Å². The number of hydrogen-bond donors (Lipinski definition) is 1. The van der Waals surface area contributed by atoms with Crippen LogP contribution in [-0.4, -0.2) is 80.1 Å². The van der Waals surface area contributed by atoms with Crippen molar-refractivity contribution >= 4 is 35.0 Å². The summed E-state index contributed by atoms with van der Waals surface area (Å²) in [7, 11) is 4.54. The Morgan fingerprint density at radius 3 is 2.10 bits per heavy atom. The van der Waals surface area contributed by atoms with E-state index in [0.29, 0.717) is 46.9 Å². The maximum absolute atomic E-state index is 14.5. The van der Waals surface area contributed by atoms with Gasteiger partial charge in [0, 0.05) is 42.4 Å². The number of aryl methyl sites for hydroxylation is 2. The van der Waals surface area contributed by atoms with E-state index in [-0.39, 0.29) is 18.2 Å². The molecule has 1 unspecified atom stereocenters. The summed E-state index contributed by atoms with van der Waals surface area (Å²) in [6, 6.07) is 21.5. The number of methoxy groups -OCH3 is 3. The third-order valence-corrected chi connectivity index (χ3v) is 8.71. The maximum atomic E-state index is 14.5. The van der Waals surface area contributed by atoms with E-state index in [9.17, 15) is 9.59 Å². The molecule has 5 rings (SSSR count). The van der Waals surface area contributed by atoms with Crippen LogP contribution in [0.1, 0.15) is 28.6 Å². The van der Waals surface area contributed by atoms with E-state index in [2.05, 4.69) is 20.2 Å². The lowest BCUT2D eigenvalue weighted by Gasteiger charge is -2.32. The van der Waals surface area contributed by atoms with Gasteiger partial charge in [-0.3, -0.25) is 9.59 Å². The molecule has 1 saturated heterocycles. The van der Waals surface area contributed by atoms with Crippen molar-refractivity contribution in [3.63, 3.8) is 0 Å².